The third-order valence-electron chi connectivity index (χ3n) is 6.39. The van der Waals surface area contributed by atoms with Crippen LogP contribution >= 0.6 is 0 Å². The van der Waals surface area contributed by atoms with E-state index in [1.807, 2.05) is 18.2 Å². The Bertz CT molecular complexity index is 1390. The van der Waals surface area contributed by atoms with Crippen LogP contribution in [0.5, 0.6) is 0 Å². The number of aromatic nitrogens is 3. The number of nitrogens with one attached hydrogen (secondary N) is 1. The number of benzene rings is 2. The van der Waals surface area contributed by atoms with E-state index in [2.05, 4.69) is 10.4 Å². The predicted octanol–water partition coefficient (Wildman–Crippen LogP) is 1.95. The number of anilines is 1. The van der Waals surface area contributed by atoms with E-state index < -0.39 is 10.0 Å². The summed E-state index contributed by atoms with van der Waals surface area (Å²) < 4.78 is 31.1. The van der Waals surface area contributed by atoms with Gasteiger partial charge in [0.05, 0.1) is 10.6 Å². The Balaban J connectivity index is 1.22. The number of hydrogen-bond donors (Lipinski definition) is 1. The zero-order valence-corrected chi connectivity index (χ0v) is 19.6. The highest BCUT2D eigenvalue weighted by molar-refractivity contribution is 7.92. The van der Waals surface area contributed by atoms with E-state index in [0.29, 0.717) is 44.7 Å². The standard InChI is InChI=1S/C24H27N5O4S/c30-23(25-13-6-15-28-24(31)27-14-4-3-11-22(27)26-28)19-8-5-9-20(17-19)34(32,33)29-16-12-18-7-1-2-10-21(18)29/h1-2,5,7-10,17H,3-4,6,11-16H2,(H,25,30). The second-order valence-electron chi connectivity index (χ2n) is 8.62. The third kappa shape index (κ3) is 4.13. The van der Waals surface area contributed by atoms with Crippen LogP contribution in [0.4, 0.5) is 5.69 Å². The summed E-state index contributed by atoms with van der Waals surface area (Å²) in [6.07, 6.45) is 4.07. The normalized spacial score (nSPS) is 15.1. The number of amides is 1. The molecule has 3 heterocycles. The Labute approximate surface area is 198 Å². The molecule has 0 bridgehead atoms. The first-order chi connectivity index (χ1) is 16.4. The maximum atomic E-state index is 13.3. The molecule has 0 fully saturated rings. The molecule has 34 heavy (non-hydrogen) atoms. The molecule has 5 rings (SSSR count). The monoisotopic (exact) mass is 481 g/mol. The van der Waals surface area contributed by atoms with E-state index in [-0.39, 0.29) is 22.1 Å². The summed E-state index contributed by atoms with van der Waals surface area (Å²) in [6.45, 7) is 1.87. The van der Waals surface area contributed by atoms with Gasteiger partial charge in [0.25, 0.3) is 15.9 Å². The lowest BCUT2D eigenvalue weighted by Crippen LogP contribution is -2.30. The minimum Gasteiger partial charge on any atom is -0.352 e. The van der Waals surface area contributed by atoms with E-state index in [9.17, 15) is 18.0 Å². The van der Waals surface area contributed by atoms with Gasteiger partial charge in [-0.3, -0.25) is 13.7 Å². The van der Waals surface area contributed by atoms with Crippen LogP contribution < -0.4 is 15.3 Å². The molecule has 2 aliphatic heterocycles. The SMILES string of the molecule is O=C(NCCCn1nc2n(c1=O)CCCC2)c1cccc(S(=O)(=O)N2CCc3ccccc32)c1. The molecule has 1 aromatic heterocycles. The molecule has 3 aromatic rings. The summed E-state index contributed by atoms with van der Waals surface area (Å²) in [5, 5.41) is 7.22. The Morgan fingerprint density at radius 3 is 2.74 bits per heavy atom. The van der Waals surface area contributed by atoms with Crippen molar-refractivity contribution in [3.05, 3.63) is 76.0 Å². The van der Waals surface area contributed by atoms with E-state index >= 15 is 0 Å². The van der Waals surface area contributed by atoms with Gasteiger partial charge in [0.2, 0.25) is 0 Å². The minimum atomic E-state index is -3.77. The van der Waals surface area contributed by atoms with Crippen molar-refractivity contribution in [3.63, 3.8) is 0 Å². The summed E-state index contributed by atoms with van der Waals surface area (Å²) in [4.78, 5) is 25.2. The Hall–Kier alpha value is -3.40. The van der Waals surface area contributed by atoms with Gasteiger partial charge in [-0.25, -0.2) is 17.9 Å². The lowest BCUT2D eigenvalue weighted by molar-refractivity contribution is 0.0952. The van der Waals surface area contributed by atoms with Gasteiger partial charge < -0.3 is 5.32 Å². The van der Waals surface area contributed by atoms with Crippen LogP contribution in [0.2, 0.25) is 0 Å². The molecule has 2 aliphatic rings. The van der Waals surface area contributed by atoms with Gasteiger partial charge in [-0.05, 0) is 55.5 Å². The fraction of sp³-hybridized carbons (Fsp3) is 0.375. The summed E-state index contributed by atoms with van der Waals surface area (Å²) in [5.41, 5.74) is 1.87. The number of fused-ring (bicyclic) bond motifs is 2. The molecule has 0 spiro atoms. The summed E-state index contributed by atoms with van der Waals surface area (Å²) in [6, 6.07) is 13.6. The van der Waals surface area contributed by atoms with Crippen molar-refractivity contribution < 1.29 is 13.2 Å². The summed E-state index contributed by atoms with van der Waals surface area (Å²) >= 11 is 0. The van der Waals surface area contributed by atoms with Crippen LogP contribution in [0.15, 0.2) is 58.2 Å². The molecule has 0 atom stereocenters. The molecular formula is C24H27N5O4S. The highest BCUT2D eigenvalue weighted by Gasteiger charge is 2.31. The largest absolute Gasteiger partial charge is 0.352 e. The van der Waals surface area contributed by atoms with E-state index in [0.717, 1.165) is 30.7 Å². The van der Waals surface area contributed by atoms with Crippen molar-refractivity contribution in [2.75, 3.05) is 17.4 Å². The number of nitrogens with zero attached hydrogens (tertiary/aromatic N) is 4. The van der Waals surface area contributed by atoms with Crippen molar-refractivity contribution in [2.24, 2.45) is 0 Å². The number of carbonyl (C=O) groups excluding carboxylic acids is 1. The van der Waals surface area contributed by atoms with Crippen molar-refractivity contribution in [3.8, 4) is 0 Å². The predicted molar refractivity (Wildman–Crippen MR) is 127 cm³/mol. The van der Waals surface area contributed by atoms with Gasteiger partial charge in [0.15, 0.2) is 0 Å². The highest BCUT2D eigenvalue weighted by atomic mass is 32.2. The van der Waals surface area contributed by atoms with Crippen molar-refractivity contribution in [1.82, 2.24) is 19.7 Å². The van der Waals surface area contributed by atoms with E-state index in [1.54, 1.807) is 22.8 Å². The van der Waals surface area contributed by atoms with Crippen LogP contribution in [0.1, 0.15) is 41.0 Å². The quantitative estimate of drug-likeness (QED) is 0.519. The molecule has 0 saturated heterocycles. The zero-order valence-electron chi connectivity index (χ0n) is 18.8. The number of aryl methyl sites for hydroxylation is 2. The van der Waals surface area contributed by atoms with Gasteiger partial charge >= 0.3 is 5.69 Å². The van der Waals surface area contributed by atoms with Gasteiger partial charge in [-0.15, -0.1) is 0 Å². The maximum Gasteiger partial charge on any atom is 0.345 e. The number of carbonyl (C=O) groups is 1. The Kier molecular flexibility index (Phi) is 5.99. The van der Waals surface area contributed by atoms with Crippen molar-refractivity contribution in [1.29, 1.82) is 0 Å². The number of rotatable bonds is 7. The first-order valence-corrected chi connectivity index (χ1v) is 13.0. The molecule has 0 radical (unpaired) electrons. The Morgan fingerprint density at radius 2 is 1.88 bits per heavy atom. The molecule has 2 aromatic carbocycles. The summed E-state index contributed by atoms with van der Waals surface area (Å²) in [5.74, 6) is 0.481. The second kappa shape index (κ2) is 9.09. The average molecular weight is 482 g/mol. The molecule has 0 unspecified atom stereocenters. The molecule has 178 valence electrons. The number of hydrogen-bond acceptors (Lipinski definition) is 5. The van der Waals surface area contributed by atoms with Gasteiger partial charge in [-0.2, -0.15) is 5.10 Å². The van der Waals surface area contributed by atoms with Crippen molar-refractivity contribution >= 4 is 21.6 Å². The highest BCUT2D eigenvalue weighted by Crippen LogP contribution is 2.32. The van der Waals surface area contributed by atoms with Gasteiger partial charge in [0.1, 0.15) is 5.82 Å². The smallest absolute Gasteiger partial charge is 0.345 e. The first-order valence-electron chi connectivity index (χ1n) is 11.6. The van der Waals surface area contributed by atoms with Crippen LogP contribution in [0.25, 0.3) is 0 Å². The lowest BCUT2D eigenvalue weighted by atomic mass is 10.2. The topological polar surface area (TPSA) is 106 Å². The molecule has 10 heteroatoms. The molecule has 9 nitrogen and oxygen atoms in total. The van der Waals surface area contributed by atoms with E-state index in [1.165, 1.54) is 21.1 Å². The molecule has 1 N–H and O–H groups in total. The first kappa shape index (κ1) is 22.4. The third-order valence-corrected chi connectivity index (χ3v) is 8.20. The Morgan fingerprint density at radius 1 is 1.03 bits per heavy atom. The fourth-order valence-corrected chi connectivity index (χ4v) is 6.16. The minimum absolute atomic E-state index is 0.0898. The van der Waals surface area contributed by atoms with Crippen LogP contribution in [0, 0.1) is 0 Å². The van der Waals surface area contributed by atoms with Crippen LogP contribution in [-0.4, -0.2) is 41.8 Å². The maximum absolute atomic E-state index is 13.3. The summed E-state index contributed by atoms with van der Waals surface area (Å²) in [7, 11) is -3.77. The molecular weight excluding hydrogens is 454 g/mol. The lowest BCUT2D eigenvalue weighted by Gasteiger charge is -2.20. The fourth-order valence-electron chi connectivity index (χ4n) is 4.61. The van der Waals surface area contributed by atoms with Crippen LogP contribution in [0.3, 0.4) is 0 Å². The molecule has 1 amide bonds. The average Bonchev–Trinajstić information content (AvgIpc) is 3.44. The molecule has 0 saturated carbocycles. The van der Waals surface area contributed by atoms with Gasteiger partial charge in [-0.1, -0.05) is 24.3 Å². The second-order valence-corrected chi connectivity index (χ2v) is 10.5. The van der Waals surface area contributed by atoms with E-state index in [4.69, 9.17) is 0 Å². The zero-order chi connectivity index (χ0) is 23.7. The van der Waals surface area contributed by atoms with Gasteiger partial charge in [0, 0.05) is 38.2 Å². The molecule has 0 aliphatic carbocycles. The number of para-hydroxylation sites is 1. The van der Waals surface area contributed by atoms with Crippen LogP contribution in [-0.2, 0) is 36.0 Å². The number of sulfonamides is 1. The van der Waals surface area contributed by atoms with Crippen molar-refractivity contribution in [2.45, 2.75) is 50.1 Å².